The van der Waals surface area contributed by atoms with Crippen LogP contribution >= 0.6 is 10.5 Å². The summed E-state index contributed by atoms with van der Waals surface area (Å²) in [5.74, 6) is 0.820. The summed E-state index contributed by atoms with van der Waals surface area (Å²) < 4.78 is 11.6. The fourth-order valence-corrected chi connectivity index (χ4v) is 3.67. The highest BCUT2D eigenvalue weighted by molar-refractivity contribution is 8.14. The first-order valence-electron chi connectivity index (χ1n) is 8.72. The van der Waals surface area contributed by atoms with Crippen LogP contribution in [0.5, 0.6) is 5.75 Å². The largest absolute Gasteiger partial charge is 0.490 e. The Kier molecular flexibility index (Phi) is 7.15. The third kappa shape index (κ3) is 4.39. The van der Waals surface area contributed by atoms with Gasteiger partial charge in [-0.3, -0.25) is 4.79 Å². The number of rotatable bonds is 7. The van der Waals surface area contributed by atoms with Gasteiger partial charge in [-0.15, -0.1) is 14.9 Å². The molecule has 0 spiro atoms. The van der Waals surface area contributed by atoms with Crippen LogP contribution in [0.25, 0.3) is 11.3 Å². The van der Waals surface area contributed by atoms with Gasteiger partial charge in [-0.1, -0.05) is 25.3 Å². The van der Waals surface area contributed by atoms with E-state index in [0.717, 1.165) is 10.5 Å². The number of hydrogen-bond acceptors (Lipinski definition) is 6. The van der Waals surface area contributed by atoms with Crippen LogP contribution in [0, 0.1) is 6.92 Å². The van der Waals surface area contributed by atoms with Gasteiger partial charge in [-0.2, -0.15) is 10.5 Å². The van der Waals surface area contributed by atoms with Crippen LogP contribution in [0.2, 0.25) is 0 Å². The van der Waals surface area contributed by atoms with Gasteiger partial charge in [0.25, 0.3) is 0 Å². The fraction of sp³-hybridized carbons (Fsp3) is 0.474. The molecular weight excluding hydrogens is 366 g/mol. The van der Waals surface area contributed by atoms with Crippen LogP contribution in [0.4, 0.5) is 0 Å². The van der Waals surface area contributed by atoms with Crippen LogP contribution in [0.1, 0.15) is 38.1 Å². The highest BCUT2D eigenvalue weighted by atomic mass is 32.2. The van der Waals surface area contributed by atoms with Crippen molar-refractivity contribution >= 4 is 15.9 Å². The van der Waals surface area contributed by atoms with Crippen molar-refractivity contribution in [3.8, 4) is 17.0 Å². The zero-order valence-electron chi connectivity index (χ0n) is 16.6. The second-order valence-corrected chi connectivity index (χ2v) is 8.41. The van der Waals surface area contributed by atoms with E-state index in [9.17, 15) is 10.0 Å². The maximum Gasteiger partial charge on any atom is 0.312 e. The smallest absolute Gasteiger partial charge is 0.312 e. The molecule has 7 nitrogen and oxygen atoms in total. The summed E-state index contributed by atoms with van der Waals surface area (Å²) in [6.45, 7) is 8.42. The molecule has 8 heteroatoms. The van der Waals surface area contributed by atoms with Gasteiger partial charge in [0.05, 0.1) is 6.61 Å². The SMILES string of the molecule is CC=S(C)c1ccc(-c2nnc(C(C)C)n(O)c2=O)c(C)c1OCCOC. The lowest BCUT2D eigenvalue weighted by molar-refractivity contribution is 0.144. The molecule has 0 saturated carbocycles. The molecule has 0 saturated heterocycles. The summed E-state index contributed by atoms with van der Waals surface area (Å²) in [4.78, 5) is 13.7. The maximum atomic E-state index is 12.6. The van der Waals surface area contributed by atoms with Gasteiger partial charge in [0, 0.05) is 29.1 Å². The van der Waals surface area contributed by atoms with Crippen molar-refractivity contribution in [2.75, 3.05) is 26.6 Å². The van der Waals surface area contributed by atoms with Gasteiger partial charge in [-0.05, 0) is 26.2 Å². The Morgan fingerprint density at radius 2 is 2.00 bits per heavy atom. The molecule has 1 aromatic heterocycles. The van der Waals surface area contributed by atoms with Gasteiger partial charge in [0.1, 0.15) is 12.4 Å². The Hall–Kier alpha value is -2.19. The molecule has 1 aromatic carbocycles. The quantitative estimate of drug-likeness (QED) is 0.442. The maximum absolute atomic E-state index is 12.6. The Bertz CT molecular complexity index is 907. The molecule has 2 aromatic rings. The lowest BCUT2D eigenvalue weighted by atomic mass is 10.0. The van der Waals surface area contributed by atoms with Crippen molar-refractivity contribution in [3.63, 3.8) is 0 Å². The number of ether oxygens (including phenoxy) is 2. The van der Waals surface area contributed by atoms with Gasteiger partial charge in [-0.25, -0.2) is 0 Å². The molecule has 0 amide bonds. The van der Waals surface area contributed by atoms with Gasteiger partial charge in [0.2, 0.25) is 0 Å². The van der Waals surface area contributed by atoms with Crippen molar-refractivity contribution in [2.24, 2.45) is 0 Å². The molecule has 2 rings (SSSR count). The van der Waals surface area contributed by atoms with Crippen LogP contribution in [-0.4, -0.2) is 52.1 Å². The van der Waals surface area contributed by atoms with Crippen molar-refractivity contribution in [2.45, 2.75) is 38.5 Å². The van der Waals surface area contributed by atoms with Gasteiger partial charge >= 0.3 is 5.56 Å². The molecule has 1 atom stereocenters. The predicted molar refractivity (Wildman–Crippen MR) is 109 cm³/mol. The van der Waals surface area contributed by atoms with E-state index in [4.69, 9.17) is 9.47 Å². The Morgan fingerprint density at radius 3 is 2.59 bits per heavy atom. The molecule has 1 unspecified atom stereocenters. The molecule has 1 heterocycles. The standard InChI is InChI=1S/C19H27N3O4S/c1-7-27(6)15-9-8-14(13(4)17(15)26-11-10-25-5)16-19(23)22(24)18(12(2)3)21-20-16/h7-9,12,24H,10-11H2,1-6H3. The molecule has 1 N–H and O–H groups in total. The van der Waals surface area contributed by atoms with E-state index in [1.54, 1.807) is 7.11 Å². The van der Waals surface area contributed by atoms with Gasteiger partial charge < -0.3 is 14.7 Å². The summed E-state index contributed by atoms with van der Waals surface area (Å²) in [6.07, 6.45) is 2.11. The van der Waals surface area contributed by atoms with E-state index >= 15 is 0 Å². The first kappa shape index (κ1) is 21.1. The average molecular weight is 394 g/mol. The van der Waals surface area contributed by atoms with Crippen LogP contribution < -0.4 is 10.3 Å². The monoisotopic (exact) mass is 393 g/mol. The van der Waals surface area contributed by atoms with Crippen molar-refractivity contribution < 1.29 is 14.7 Å². The second-order valence-electron chi connectivity index (χ2n) is 6.38. The molecule has 0 aliphatic carbocycles. The Balaban J connectivity index is 2.64. The zero-order valence-corrected chi connectivity index (χ0v) is 17.5. The molecule has 148 valence electrons. The molecule has 0 aliphatic rings. The number of benzene rings is 1. The zero-order chi connectivity index (χ0) is 20.1. The lowest BCUT2D eigenvalue weighted by Crippen LogP contribution is -2.27. The summed E-state index contributed by atoms with van der Waals surface area (Å²) in [7, 11) is 1.51. The lowest BCUT2D eigenvalue weighted by Gasteiger charge is -2.18. The molecule has 0 fully saturated rings. The second kappa shape index (κ2) is 9.14. The van der Waals surface area contributed by atoms with Crippen LogP contribution in [-0.2, 0) is 4.74 Å². The minimum atomic E-state index is -0.593. The molecular formula is C19H27N3O4S. The normalized spacial score (nSPS) is 12.6. The Morgan fingerprint density at radius 1 is 1.30 bits per heavy atom. The molecule has 0 aliphatic heterocycles. The number of aromatic nitrogens is 3. The topological polar surface area (TPSA) is 86.5 Å². The number of nitrogens with zero attached hydrogens (tertiary/aromatic N) is 3. The highest BCUT2D eigenvalue weighted by Gasteiger charge is 2.20. The van der Waals surface area contributed by atoms with E-state index in [1.165, 1.54) is 0 Å². The first-order chi connectivity index (χ1) is 12.8. The predicted octanol–water partition coefficient (Wildman–Crippen LogP) is 3.08. The van der Waals surface area contributed by atoms with E-state index in [1.807, 2.05) is 39.8 Å². The minimum absolute atomic E-state index is 0.0963. The van der Waals surface area contributed by atoms with Crippen LogP contribution in [0.15, 0.2) is 21.8 Å². The molecule has 27 heavy (non-hydrogen) atoms. The number of methoxy groups -OCH3 is 1. The molecule has 0 radical (unpaired) electrons. The van der Waals surface area contributed by atoms with Crippen molar-refractivity contribution in [3.05, 3.63) is 33.9 Å². The minimum Gasteiger partial charge on any atom is -0.490 e. The summed E-state index contributed by atoms with van der Waals surface area (Å²) in [5.41, 5.74) is 0.882. The first-order valence-corrected chi connectivity index (χ1v) is 10.4. The third-order valence-corrected chi connectivity index (χ3v) is 5.96. The summed E-state index contributed by atoms with van der Waals surface area (Å²) >= 11 is 0. The highest BCUT2D eigenvalue weighted by Crippen LogP contribution is 2.39. The summed E-state index contributed by atoms with van der Waals surface area (Å²) in [5, 5.41) is 20.4. The fourth-order valence-electron chi connectivity index (χ4n) is 2.63. The average Bonchev–Trinajstić information content (AvgIpc) is 2.64. The van der Waals surface area contributed by atoms with E-state index < -0.39 is 5.56 Å². The van der Waals surface area contributed by atoms with Gasteiger partial charge in [0.15, 0.2) is 11.5 Å². The Labute approximate surface area is 161 Å². The van der Waals surface area contributed by atoms with Crippen molar-refractivity contribution in [1.82, 2.24) is 14.9 Å². The number of hydrogen-bond donors (Lipinski definition) is 1. The van der Waals surface area contributed by atoms with E-state index in [0.29, 0.717) is 29.3 Å². The third-order valence-electron chi connectivity index (χ3n) is 4.24. The van der Waals surface area contributed by atoms with Crippen LogP contribution in [0.3, 0.4) is 0 Å². The van der Waals surface area contributed by atoms with E-state index in [2.05, 4.69) is 21.8 Å². The van der Waals surface area contributed by atoms with E-state index in [-0.39, 0.29) is 27.9 Å². The summed E-state index contributed by atoms with van der Waals surface area (Å²) in [6, 6.07) is 3.77. The molecule has 0 bridgehead atoms. The van der Waals surface area contributed by atoms with Crippen molar-refractivity contribution in [1.29, 1.82) is 0 Å².